The zero-order valence-electron chi connectivity index (χ0n) is 10.9. The van der Waals surface area contributed by atoms with Gasteiger partial charge in [0.05, 0.1) is 6.10 Å². The SMILES string of the molecule is CC(C)NCCCC(=O)N1CC(O)C[C@H]1C(=O)O. The molecule has 0 aromatic heterocycles. The van der Waals surface area contributed by atoms with Crippen molar-refractivity contribution in [3.8, 4) is 0 Å². The fraction of sp³-hybridized carbons (Fsp3) is 0.833. The summed E-state index contributed by atoms with van der Waals surface area (Å²) in [5, 5.41) is 21.6. The van der Waals surface area contributed by atoms with Crippen LogP contribution in [0.1, 0.15) is 33.1 Å². The zero-order valence-corrected chi connectivity index (χ0v) is 10.9. The van der Waals surface area contributed by atoms with Gasteiger partial charge in [0.2, 0.25) is 5.91 Å². The molecule has 0 aliphatic carbocycles. The quantitative estimate of drug-likeness (QED) is 0.575. The molecule has 1 aliphatic heterocycles. The van der Waals surface area contributed by atoms with Crippen LogP contribution in [0, 0.1) is 0 Å². The van der Waals surface area contributed by atoms with Crippen LogP contribution >= 0.6 is 0 Å². The molecule has 0 spiro atoms. The predicted octanol–water partition coefficient (Wildman–Crippen LogP) is -0.189. The van der Waals surface area contributed by atoms with Gasteiger partial charge in [-0.1, -0.05) is 13.8 Å². The number of carbonyl (C=O) groups excluding carboxylic acids is 1. The van der Waals surface area contributed by atoms with Crippen LogP contribution in [0.3, 0.4) is 0 Å². The summed E-state index contributed by atoms with van der Waals surface area (Å²) in [5.41, 5.74) is 0. The van der Waals surface area contributed by atoms with E-state index in [1.165, 1.54) is 4.90 Å². The molecule has 0 radical (unpaired) electrons. The molecule has 1 saturated heterocycles. The van der Waals surface area contributed by atoms with Crippen LogP contribution in [0.15, 0.2) is 0 Å². The van der Waals surface area contributed by atoms with Crippen LogP contribution in [0.2, 0.25) is 0 Å². The normalized spacial score (nSPS) is 23.7. The summed E-state index contributed by atoms with van der Waals surface area (Å²) in [4.78, 5) is 24.1. The first kappa shape index (κ1) is 14.9. The van der Waals surface area contributed by atoms with Gasteiger partial charge in [-0.3, -0.25) is 4.79 Å². The van der Waals surface area contributed by atoms with Gasteiger partial charge in [-0.25, -0.2) is 4.79 Å². The fourth-order valence-electron chi connectivity index (χ4n) is 2.10. The molecule has 0 aromatic rings. The van der Waals surface area contributed by atoms with E-state index in [-0.39, 0.29) is 18.9 Å². The van der Waals surface area contributed by atoms with Gasteiger partial charge >= 0.3 is 5.97 Å². The molecule has 1 heterocycles. The standard InChI is InChI=1S/C12H22N2O4/c1-8(2)13-5-3-4-11(16)14-7-9(15)6-10(14)12(17)18/h8-10,13,15H,3-7H2,1-2H3,(H,17,18)/t9?,10-/m0/s1. The Labute approximate surface area is 107 Å². The monoisotopic (exact) mass is 258 g/mol. The fourth-order valence-corrected chi connectivity index (χ4v) is 2.10. The van der Waals surface area contributed by atoms with E-state index in [0.717, 1.165) is 6.54 Å². The van der Waals surface area contributed by atoms with Gasteiger partial charge in [0, 0.05) is 25.4 Å². The lowest BCUT2D eigenvalue weighted by molar-refractivity contribution is -0.148. The van der Waals surface area contributed by atoms with Gasteiger partial charge in [0.15, 0.2) is 0 Å². The van der Waals surface area contributed by atoms with Crippen molar-refractivity contribution < 1.29 is 19.8 Å². The van der Waals surface area contributed by atoms with Gasteiger partial charge in [-0.05, 0) is 13.0 Å². The Morgan fingerprint density at radius 1 is 1.44 bits per heavy atom. The third-order valence-corrected chi connectivity index (χ3v) is 3.00. The van der Waals surface area contributed by atoms with Crippen molar-refractivity contribution in [2.45, 2.75) is 51.3 Å². The van der Waals surface area contributed by atoms with Crippen LogP contribution in [0.25, 0.3) is 0 Å². The number of aliphatic carboxylic acids is 1. The summed E-state index contributed by atoms with van der Waals surface area (Å²) in [6.45, 7) is 4.92. The van der Waals surface area contributed by atoms with Crippen molar-refractivity contribution in [3.05, 3.63) is 0 Å². The van der Waals surface area contributed by atoms with Crippen molar-refractivity contribution in [1.82, 2.24) is 10.2 Å². The molecule has 1 aliphatic rings. The average molecular weight is 258 g/mol. The minimum atomic E-state index is -1.04. The molecule has 0 aromatic carbocycles. The highest BCUT2D eigenvalue weighted by Gasteiger charge is 2.38. The molecule has 18 heavy (non-hydrogen) atoms. The van der Waals surface area contributed by atoms with Crippen molar-refractivity contribution in [3.63, 3.8) is 0 Å². The summed E-state index contributed by atoms with van der Waals surface area (Å²) < 4.78 is 0. The molecule has 104 valence electrons. The number of β-amino-alcohol motifs (C(OH)–C–C–N with tert-alkyl or cyclic N) is 1. The number of rotatable bonds is 6. The summed E-state index contributed by atoms with van der Waals surface area (Å²) in [5.74, 6) is -1.23. The number of amides is 1. The molecule has 6 heteroatoms. The topological polar surface area (TPSA) is 89.9 Å². The number of nitrogens with one attached hydrogen (secondary N) is 1. The van der Waals surface area contributed by atoms with Gasteiger partial charge in [-0.2, -0.15) is 0 Å². The summed E-state index contributed by atoms with van der Waals surface area (Å²) >= 11 is 0. The summed E-state index contributed by atoms with van der Waals surface area (Å²) in [6.07, 6.45) is 0.404. The lowest BCUT2D eigenvalue weighted by Gasteiger charge is -2.21. The predicted molar refractivity (Wildman–Crippen MR) is 66.1 cm³/mol. The van der Waals surface area contributed by atoms with Gasteiger partial charge in [0.25, 0.3) is 0 Å². The minimum absolute atomic E-state index is 0.130. The van der Waals surface area contributed by atoms with E-state index in [0.29, 0.717) is 18.9 Å². The number of hydrogen-bond acceptors (Lipinski definition) is 4. The Morgan fingerprint density at radius 2 is 2.11 bits per heavy atom. The number of carboxylic acids is 1. The molecule has 1 amide bonds. The summed E-state index contributed by atoms with van der Waals surface area (Å²) in [7, 11) is 0. The van der Waals surface area contributed by atoms with E-state index in [1.54, 1.807) is 0 Å². The van der Waals surface area contributed by atoms with E-state index in [9.17, 15) is 14.7 Å². The maximum absolute atomic E-state index is 11.9. The minimum Gasteiger partial charge on any atom is -0.480 e. The molecular weight excluding hydrogens is 236 g/mol. The highest BCUT2D eigenvalue weighted by atomic mass is 16.4. The van der Waals surface area contributed by atoms with Crippen LogP contribution in [-0.2, 0) is 9.59 Å². The lowest BCUT2D eigenvalue weighted by Crippen LogP contribution is -2.40. The van der Waals surface area contributed by atoms with Gasteiger partial charge < -0.3 is 20.4 Å². The molecule has 1 fully saturated rings. The first-order chi connectivity index (χ1) is 8.41. The largest absolute Gasteiger partial charge is 0.480 e. The number of carboxylic acid groups (broad SMARTS) is 1. The smallest absolute Gasteiger partial charge is 0.326 e. The molecule has 0 saturated carbocycles. The van der Waals surface area contributed by atoms with Crippen molar-refractivity contribution >= 4 is 11.9 Å². The number of aliphatic hydroxyl groups is 1. The first-order valence-corrected chi connectivity index (χ1v) is 6.35. The molecular formula is C12H22N2O4. The van der Waals surface area contributed by atoms with Crippen molar-refractivity contribution in [2.75, 3.05) is 13.1 Å². The second kappa shape index (κ2) is 6.70. The van der Waals surface area contributed by atoms with E-state index < -0.39 is 18.1 Å². The van der Waals surface area contributed by atoms with E-state index in [2.05, 4.69) is 5.32 Å². The highest BCUT2D eigenvalue weighted by Crippen LogP contribution is 2.19. The highest BCUT2D eigenvalue weighted by molar-refractivity contribution is 5.84. The Balaban J connectivity index is 2.38. The third kappa shape index (κ3) is 4.27. The lowest BCUT2D eigenvalue weighted by atomic mass is 10.2. The molecule has 6 nitrogen and oxygen atoms in total. The second-order valence-electron chi connectivity index (χ2n) is 5.00. The molecule has 1 unspecified atom stereocenters. The third-order valence-electron chi connectivity index (χ3n) is 3.00. The Bertz CT molecular complexity index is 306. The van der Waals surface area contributed by atoms with Crippen molar-refractivity contribution in [2.24, 2.45) is 0 Å². The van der Waals surface area contributed by atoms with Crippen molar-refractivity contribution in [1.29, 1.82) is 0 Å². The number of hydrogen-bond donors (Lipinski definition) is 3. The van der Waals surface area contributed by atoms with Gasteiger partial charge in [-0.15, -0.1) is 0 Å². The Morgan fingerprint density at radius 3 is 2.67 bits per heavy atom. The van der Waals surface area contributed by atoms with Crippen LogP contribution < -0.4 is 5.32 Å². The number of carbonyl (C=O) groups is 2. The van der Waals surface area contributed by atoms with Crippen LogP contribution in [0.4, 0.5) is 0 Å². The maximum atomic E-state index is 11.9. The van der Waals surface area contributed by atoms with E-state index in [1.807, 2.05) is 13.8 Å². The number of likely N-dealkylation sites (tertiary alicyclic amines) is 1. The molecule has 1 rings (SSSR count). The van der Waals surface area contributed by atoms with E-state index in [4.69, 9.17) is 5.11 Å². The molecule has 3 N–H and O–H groups in total. The Kier molecular flexibility index (Phi) is 5.55. The average Bonchev–Trinajstić information content (AvgIpc) is 2.66. The van der Waals surface area contributed by atoms with Crippen LogP contribution in [-0.4, -0.2) is 58.3 Å². The summed E-state index contributed by atoms with van der Waals surface area (Å²) in [6, 6.07) is -0.494. The maximum Gasteiger partial charge on any atom is 0.326 e. The van der Waals surface area contributed by atoms with Crippen LogP contribution in [0.5, 0.6) is 0 Å². The number of aliphatic hydroxyl groups excluding tert-OH is 1. The zero-order chi connectivity index (χ0) is 13.7. The number of nitrogens with zero attached hydrogens (tertiary/aromatic N) is 1. The molecule has 2 atom stereocenters. The molecule has 0 bridgehead atoms. The first-order valence-electron chi connectivity index (χ1n) is 6.35. The Hall–Kier alpha value is -1.14. The second-order valence-corrected chi connectivity index (χ2v) is 5.00. The van der Waals surface area contributed by atoms with Gasteiger partial charge in [0.1, 0.15) is 6.04 Å². The van der Waals surface area contributed by atoms with E-state index >= 15 is 0 Å².